The summed E-state index contributed by atoms with van der Waals surface area (Å²) in [7, 11) is 1.57. The van der Waals surface area contributed by atoms with Crippen LogP contribution >= 0.6 is 11.8 Å². The first-order valence-electron chi connectivity index (χ1n) is 10.4. The third-order valence-corrected chi connectivity index (χ3v) is 5.75. The number of methoxy groups -OCH3 is 1. The molecule has 168 valence electrons. The maximum absolute atomic E-state index is 12.6. The molecular formula is C25H24N4O3S. The van der Waals surface area contributed by atoms with Gasteiger partial charge in [-0.1, -0.05) is 59.8 Å². The van der Waals surface area contributed by atoms with Crippen LogP contribution in [-0.4, -0.2) is 33.5 Å². The number of rotatable bonds is 9. The molecule has 1 aromatic heterocycles. The first-order valence-corrected chi connectivity index (χ1v) is 11.4. The van der Waals surface area contributed by atoms with E-state index < -0.39 is 0 Å². The Labute approximate surface area is 196 Å². The van der Waals surface area contributed by atoms with Gasteiger partial charge in [0, 0.05) is 5.69 Å². The summed E-state index contributed by atoms with van der Waals surface area (Å²) < 4.78 is 13.1. The molecule has 1 amide bonds. The monoisotopic (exact) mass is 460 g/mol. The highest BCUT2D eigenvalue weighted by Gasteiger charge is 2.17. The zero-order valence-corrected chi connectivity index (χ0v) is 19.2. The number of hydrogen-bond donors (Lipinski definition) is 1. The molecule has 0 aliphatic heterocycles. The molecule has 0 saturated carbocycles. The Balaban J connectivity index is 1.49. The molecule has 0 unspecified atom stereocenters. The fourth-order valence-electron chi connectivity index (χ4n) is 3.17. The molecule has 0 saturated heterocycles. The number of aryl methyl sites for hydroxylation is 1. The Morgan fingerprint density at radius 3 is 2.45 bits per heavy atom. The second-order valence-electron chi connectivity index (χ2n) is 7.21. The van der Waals surface area contributed by atoms with Crippen molar-refractivity contribution in [1.82, 2.24) is 14.8 Å². The lowest BCUT2D eigenvalue weighted by Gasteiger charge is -2.12. The van der Waals surface area contributed by atoms with Crippen molar-refractivity contribution in [2.45, 2.75) is 18.7 Å². The van der Waals surface area contributed by atoms with Crippen molar-refractivity contribution < 1.29 is 14.3 Å². The van der Waals surface area contributed by atoms with Gasteiger partial charge in [0.25, 0.3) is 0 Å². The van der Waals surface area contributed by atoms with Crippen molar-refractivity contribution in [3.05, 3.63) is 90.3 Å². The largest absolute Gasteiger partial charge is 0.495 e. The second kappa shape index (κ2) is 10.7. The highest BCUT2D eigenvalue weighted by atomic mass is 32.2. The molecule has 1 heterocycles. The maximum atomic E-state index is 12.6. The summed E-state index contributed by atoms with van der Waals surface area (Å²) in [6.07, 6.45) is 0. The van der Waals surface area contributed by atoms with Crippen LogP contribution in [0, 0.1) is 6.92 Å². The number of carbonyl (C=O) groups excluding carboxylic acids is 1. The summed E-state index contributed by atoms with van der Waals surface area (Å²) in [6.45, 7) is 2.28. The van der Waals surface area contributed by atoms with Gasteiger partial charge in [0.05, 0.1) is 18.6 Å². The van der Waals surface area contributed by atoms with E-state index in [1.54, 1.807) is 19.2 Å². The minimum atomic E-state index is -0.162. The highest BCUT2D eigenvalue weighted by molar-refractivity contribution is 7.99. The Bertz CT molecular complexity index is 1210. The van der Waals surface area contributed by atoms with Crippen LogP contribution in [0.15, 0.2) is 84.0 Å². The lowest BCUT2D eigenvalue weighted by atomic mass is 10.2. The lowest BCUT2D eigenvalue weighted by Crippen LogP contribution is -2.15. The van der Waals surface area contributed by atoms with Crippen LogP contribution in [0.5, 0.6) is 11.5 Å². The van der Waals surface area contributed by atoms with Gasteiger partial charge in [0.1, 0.15) is 18.1 Å². The molecular weight excluding hydrogens is 436 g/mol. The van der Waals surface area contributed by atoms with Gasteiger partial charge in [-0.05, 0) is 43.3 Å². The molecule has 0 bridgehead atoms. The van der Waals surface area contributed by atoms with Gasteiger partial charge in [-0.15, -0.1) is 10.2 Å². The van der Waals surface area contributed by atoms with Crippen LogP contribution in [0.4, 0.5) is 5.69 Å². The van der Waals surface area contributed by atoms with Crippen molar-refractivity contribution in [1.29, 1.82) is 0 Å². The van der Waals surface area contributed by atoms with E-state index >= 15 is 0 Å². The van der Waals surface area contributed by atoms with Crippen molar-refractivity contribution in [3.8, 4) is 17.2 Å². The molecule has 7 nitrogen and oxygen atoms in total. The molecule has 0 fully saturated rings. The summed E-state index contributed by atoms with van der Waals surface area (Å²) in [5.41, 5.74) is 2.69. The Kier molecular flexibility index (Phi) is 7.26. The number of ether oxygens (including phenoxy) is 2. The van der Waals surface area contributed by atoms with Crippen LogP contribution in [0.2, 0.25) is 0 Å². The average Bonchev–Trinajstić information content (AvgIpc) is 3.26. The Hall–Kier alpha value is -3.78. The van der Waals surface area contributed by atoms with Gasteiger partial charge in [-0.25, -0.2) is 0 Å². The molecule has 8 heteroatoms. The lowest BCUT2D eigenvalue weighted by molar-refractivity contribution is -0.113. The SMILES string of the molecule is COc1ccccc1NC(=O)CSc1nnc(COc2ccc(C)cc2)n1-c1ccccc1. The van der Waals surface area contributed by atoms with Crippen LogP contribution in [-0.2, 0) is 11.4 Å². The number of aromatic nitrogens is 3. The van der Waals surface area contributed by atoms with Crippen molar-refractivity contribution in [2.75, 3.05) is 18.2 Å². The van der Waals surface area contributed by atoms with Gasteiger partial charge in [-0.3, -0.25) is 9.36 Å². The van der Waals surface area contributed by atoms with Crippen LogP contribution in [0.25, 0.3) is 5.69 Å². The zero-order chi connectivity index (χ0) is 23.0. The number of amides is 1. The number of thioether (sulfide) groups is 1. The maximum Gasteiger partial charge on any atom is 0.234 e. The highest BCUT2D eigenvalue weighted by Crippen LogP contribution is 2.26. The number of carbonyl (C=O) groups is 1. The van der Waals surface area contributed by atoms with E-state index in [4.69, 9.17) is 9.47 Å². The van der Waals surface area contributed by atoms with Gasteiger partial charge in [-0.2, -0.15) is 0 Å². The van der Waals surface area contributed by atoms with E-state index in [-0.39, 0.29) is 18.3 Å². The standard InChI is InChI=1S/C25H24N4O3S/c1-18-12-14-20(15-13-18)32-16-23-27-28-25(29(23)19-8-4-3-5-9-19)33-17-24(30)26-21-10-6-7-11-22(21)31-2/h3-15H,16-17H2,1-2H3,(H,26,30). The van der Waals surface area contributed by atoms with Crippen molar-refractivity contribution in [2.24, 2.45) is 0 Å². The van der Waals surface area contributed by atoms with Gasteiger partial charge in [0.2, 0.25) is 5.91 Å². The van der Waals surface area contributed by atoms with E-state index in [0.29, 0.717) is 22.4 Å². The predicted molar refractivity (Wildman–Crippen MR) is 129 cm³/mol. The van der Waals surface area contributed by atoms with Gasteiger partial charge >= 0.3 is 0 Å². The molecule has 0 atom stereocenters. The number of hydrogen-bond acceptors (Lipinski definition) is 6. The number of anilines is 1. The van der Waals surface area contributed by atoms with Crippen LogP contribution in [0.3, 0.4) is 0 Å². The Morgan fingerprint density at radius 1 is 0.970 bits per heavy atom. The summed E-state index contributed by atoms with van der Waals surface area (Å²) in [5.74, 6) is 2.02. The normalized spacial score (nSPS) is 10.6. The minimum absolute atomic E-state index is 0.162. The van der Waals surface area contributed by atoms with E-state index in [1.807, 2.05) is 78.2 Å². The number of nitrogens with one attached hydrogen (secondary N) is 1. The summed E-state index contributed by atoms with van der Waals surface area (Å²) in [6, 6.07) is 24.9. The molecule has 33 heavy (non-hydrogen) atoms. The summed E-state index contributed by atoms with van der Waals surface area (Å²) >= 11 is 1.31. The van der Waals surface area contributed by atoms with Crippen molar-refractivity contribution in [3.63, 3.8) is 0 Å². The third-order valence-electron chi connectivity index (χ3n) is 4.82. The number of para-hydroxylation sites is 3. The third kappa shape index (κ3) is 5.72. The molecule has 4 rings (SSSR count). The molecule has 0 aliphatic rings. The van der Waals surface area contributed by atoms with Gasteiger partial charge in [0.15, 0.2) is 11.0 Å². The minimum Gasteiger partial charge on any atom is -0.495 e. The fraction of sp³-hybridized carbons (Fsp3) is 0.160. The second-order valence-corrected chi connectivity index (χ2v) is 8.15. The smallest absolute Gasteiger partial charge is 0.234 e. The molecule has 3 aromatic carbocycles. The topological polar surface area (TPSA) is 78.3 Å². The molecule has 0 spiro atoms. The first-order chi connectivity index (χ1) is 16.1. The zero-order valence-electron chi connectivity index (χ0n) is 18.4. The van der Waals surface area contributed by atoms with Gasteiger partial charge < -0.3 is 14.8 Å². The van der Waals surface area contributed by atoms with Crippen molar-refractivity contribution >= 4 is 23.4 Å². The summed E-state index contributed by atoms with van der Waals surface area (Å²) in [5, 5.41) is 12.1. The first kappa shape index (κ1) is 22.4. The molecule has 0 radical (unpaired) electrons. The fourth-order valence-corrected chi connectivity index (χ4v) is 3.94. The molecule has 4 aromatic rings. The number of nitrogens with zero attached hydrogens (tertiary/aromatic N) is 3. The van der Waals surface area contributed by atoms with E-state index in [2.05, 4.69) is 15.5 Å². The number of benzene rings is 3. The average molecular weight is 461 g/mol. The summed E-state index contributed by atoms with van der Waals surface area (Å²) in [4.78, 5) is 12.6. The quantitative estimate of drug-likeness (QED) is 0.358. The van der Waals surface area contributed by atoms with E-state index in [9.17, 15) is 4.79 Å². The Morgan fingerprint density at radius 2 is 1.70 bits per heavy atom. The van der Waals surface area contributed by atoms with Crippen LogP contribution < -0.4 is 14.8 Å². The van der Waals surface area contributed by atoms with Crippen LogP contribution in [0.1, 0.15) is 11.4 Å². The van der Waals surface area contributed by atoms with E-state index in [0.717, 1.165) is 11.4 Å². The molecule has 1 N–H and O–H groups in total. The van der Waals surface area contributed by atoms with E-state index in [1.165, 1.54) is 17.3 Å². The predicted octanol–water partition coefficient (Wildman–Crippen LogP) is 4.89. The molecule has 0 aliphatic carbocycles.